The lowest BCUT2D eigenvalue weighted by molar-refractivity contribution is 0.323. The maximum Gasteiger partial charge on any atom is 0.271 e. The molecule has 1 saturated heterocycles. The molecule has 0 spiro atoms. The fourth-order valence-corrected chi connectivity index (χ4v) is 6.63. The predicted octanol–water partition coefficient (Wildman–Crippen LogP) is 3.12. The molecule has 0 amide bonds. The third kappa shape index (κ3) is 4.45. The second kappa shape index (κ2) is 8.17. The minimum atomic E-state index is -3.77. The second-order valence-electron chi connectivity index (χ2n) is 6.10. The highest BCUT2D eigenvalue weighted by molar-refractivity contribution is 7.94. The number of nitrogens with zero attached hydrogens (tertiary/aromatic N) is 1. The van der Waals surface area contributed by atoms with Crippen LogP contribution in [-0.2, 0) is 20.0 Å². The first kappa shape index (κ1) is 20.1. The summed E-state index contributed by atoms with van der Waals surface area (Å²) in [5.41, 5.74) is 0.183. The highest BCUT2D eigenvalue weighted by atomic mass is 32.2. The molecule has 1 aliphatic rings. The zero-order chi connectivity index (χ0) is 19.5. The molecule has 10 heteroatoms. The Kier molecular flexibility index (Phi) is 6.09. The van der Waals surface area contributed by atoms with Crippen molar-refractivity contribution in [2.75, 3.05) is 24.4 Å². The molecule has 27 heavy (non-hydrogen) atoms. The summed E-state index contributed by atoms with van der Waals surface area (Å²) in [5, 5.41) is 1.67. The van der Waals surface area contributed by atoms with Crippen molar-refractivity contribution in [3.05, 3.63) is 35.7 Å². The molecule has 7 nitrogen and oxygen atoms in total. The number of hydrogen-bond donors (Lipinski definition) is 1. The van der Waals surface area contributed by atoms with E-state index in [0.717, 1.165) is 30.6 Å². The number of thiophene rings is 1. The molecule has 0 atom stereocenters. The minimum absolute atomic E-state index is 0.0161. The van der Waals surface area contributed by atoms with Crippen LogP contribution in [0.2, 0.25) is 0 Å². The highest BCUT2D eigenvalue weighted by Gasteiger charge is 2.29. The molecule has 1 N–H and O–H groups in total. The quantitative estimate of drug-likeness (QED) is 0.728. The summed E-state index contributed by atoms with van der Waals surface area (Å²) < 4.78 is 60.6. The van der Waals surface area contributed by atoms with Crippen molar-refractivity contribution in [1.29, 1.82) is 0 Å². The molecule has 148 valence electrons. The van der Waals surface area contributed by atoms with Gasteiger partial charge in [0.1, 0.15) is 14.9 Å². The van der Waals surface area contributed by atoms with Gasteiger partial charge in [-0.1, -0.05) is 12.5 Å². The maximum atomic E-state index is 13.1. The van der Waals surface area contributed by atoms with E-state index in [4.69, 9.17) is 4.74 Å². The first-order chi connectivity index (χ1) is 12.8. The van der Waals surface area contributed by atoms with Gasteiger partial charge in [-0.3, -0.25) is 4.72 Å². The minimum Gasteiger partial charge on any atom is -0.492 e. The number of nitrogens with one attached hydrogen (secondary N) is 1. The van der Waals surface area contributed by atoms with E-state index in [-0.39, 0.29) is 20.5 Å². The maximum absolute atomic E-state index is 13.1. The van der Waals surface area contributed by atoms with E-state index < -0.39 is 20.0 Å². The van der Waals surface area contributed by atoms with E-state index in [1.165, 1.54) is 28.6 Å². The predicted molar refractivity (Wildman–Crippen MR) is 105 cm³/mol. The van der Waals surface area contributed by atoms with Gasteiger partial charge in [-0.15, -0.1) is 11.3 Å². The Hall–Kier alpha value is -1.62. The second-order valence-corrected chi connectivity index (χ2v) is 10.9. The van der Waals surface area contributed by atoms with Gasteiger partial charge in [0.25, 0.3) is 10.0 Å². The molecule has 0 radical (unpaired) electrons. The molecule has 2 heterocycles. The summed E-state index contributed by atoms with van der Waals surface area (Å²) >= 11 is 1.09. The molecule has 1 fully saturated rings. The number of sulfonamides is 2. The van der Waals surface area contributed by atoms with Gasteiger partial charge in [0.15, 0.2) is 0 Å². The van der Waals surface area contributed by atoms with Crippen LogP contribution >= 0.6 is 11.3 Å². The summed E-state index contributed by atoms with van der Waals surface area (Å²) in [6.45, 7) is 2.99. The van der Waals surface area contributed by atoms with Gasteiger partial charge in [0.05, 0.1) is 12.3 Å². The first-order valence-corrected chi connectivity index (χ1v) is 12.5. The van der Waals surface area contributed by atoms with Gasteiger partial charge in [-0.2, -0.15) is 4.31 Å². The standard InChI is InChI=1S/C17H22N2O5S3/c1-2-24-15-9-8-14(18-26(20,21)17-7-6-12-25-17)13-16(15)27(22,23)19-10-4-3-5-11-19/h6-9,12-13,18H,2-5,10-11H2,1H3. The van der Waals surface area contributed by atoms with Crippen LogP contribution in [0.1, 0.15) is 26.2 Å². The van der Waals surface area contributed by atoms with Crippen molar-refractivity contribution in [2.45, 2.75) is 35.3 Å². The lowest BCUT2D eigenvalue weighted by Crippen LogP contribution is -2.35. The first-order valence-electron chi connectivity index (χ1n) is 8.68. The van der Waals surface area contributed by atoms with Crippen LogP contribution in [0.3, 0.4) is 0 Å². The molecule has 0 aliphatic carbocycles. The Morgan fingerprint density at radius 3 is 2.48 bits per heavy atom. The molecule has 0 bridgehead atoms. The van der Waals surface area contributed by atoms with Crippen molar-refractivity contribution in [1.82, 2.24) is 4.31 Å². The molecule has 1 aromatic heterocycles. The van der Waals surface area contributed by atoms with Crippen LogP contribution in [0.25, 0.3) is 0 Å². The van der Waals surface area contributed by atoms with Gasteiger partial charge < -0.3 is 4.74 Å². The van der Waals surface area contributed by atoms with Crippen LogP contribution < -0.4 is 9.46 Å². The average Bonchev–Trinajstić information content (AvgIpc) is 3.19. The largest absolute Gasteiger partial charge is 0.492 e. The van der Waals surface area contributed by atoms with Gasteiger partial charge in [-0.05, 0) is 49.4 Å². The number of benzene rings is 1. The number of anilines is 1. The van der Waals surface area contributed by atoms with E-state index in [0.29, 0.717) is 19.7 Å². The average molecular weight is 431 g/mol. The van der Waals surface area contributed by atoms with Crippen molar-refractivity contribution in [2.24, 2.45) is 0 Å². The molecular weight excluding hydrogens is 408 g/mol. The molecule has 0 unspecified atom stereocenters. The van der Waals surface area contributed by atoms with Crippen molar-refractivity contribution < 1.29 is 21.6 Å². The molecular formula is C17H22N2O5S3. The van der Waals surface area contributed by atoms with E-state index >= 15 is 0 Å². The number of hydrogen-bond acceptors (Lipinski definition) is 6. The Labute approximate surface area is 164 Å². The van der Waals surface area contributed by atoms with Gasteiger partial charge >= 0.3 is 0 Å². The Bertz CT molecular complexity index is 980. The van der Waals surface area contributed by atoms with Gasteiger partial charge in [-0.25, -0.2) is 16.8 Å². The number of ether oxygens (including phenoxy) is 1. The third-order valence-electron chi connectivity index (χ3n) is 4.19. The van der Waals surface area contributed by atoms with E-state index in [1.54, 1.807) is 18.4 Å². The fourth-order valence-electron chi connectivity index (χ4n) is 2.91. The van der Waals surface area contributed by atoms with E-state index in [9.17, 15) is 16.8 Å². The van der Waals surface area contributed by atoms with Crippen molar-refractivity contribution in [3.63, 3.8) is 0 Å². The summed E-state index contributed by atoms with van der Waals surface area (Å²) in [6, 6.07) is 7.47. The lowest BCUT2D eigenvalue weighted by Gasteiger charge is -2.27. The Morgan fingerprint density at radius 2 is 1.85 bits per heavy atom. The van der Waals surface area contributed by atoms with Crippen molar-refractivity contribution >= 4 is 37.1 Å². The van der Waals surface area contributed by atoms with E-state index in [2.05, 4.69) is 4.72 Å². The zero-order valence-corrected chi connectivity index (χ0v) is 17.4. The smallest absolute Gasteiger partial charge is 0.271 e. The molecule has 2 aromatic rings. The summed E-state index contributed by atoms with van der Waals surface area (Å²) in [6.07, 6.45) is 2.63. The lowest BCUT2D eigenvalue weighted by atomic mass is 10.2. The number of rotatable bonds is 7. The molecule has 1 aliphatic heterocycles. The van der Waals surface area contributed by atoms with Gasteiger partial charge in [0, 0.05) is 13.1 Å². The topological polar surface area (TPSA) is 92.8 Å². The normalized spacial score (nSPS) is 16.2. The molecule has 3 rings (SSSR count). The van der Waals surface area contributed by atoms with Crippen molar-refractivity contribution in [3.8, 4) is 5.75 Å². The Morgan fingerprint density at radius 1 is 1.11 bits per heavy atom. The van der Waals surface area contributed by atoms with Crippen LogP contribution in [0.15, 0.2) is 44.8 Å². The van der Waals surface area contributed by atoms with E-state index in [1.807, 2.05) is 0 Å². The van der Waals surface area contributed by atoms with Crippen LogP contribution in [-0.4, -0.2) is 40.8 Å². The summed E-state index contributed by atoms with van der Waals surface area (Å²) in [7, 11) is -7.53. The highest BCUT2D eigenvalue weighted by Crippen LogP contribution is 2.32. The van der Waals surface area contributed by atoms with Crippen LogP contribution in [0.4, 0.5) is 5.69 Å². The van der Waals surface area contributed by atoms with Crippen LogP contribution in [0.5, 0.6) is 5.75 Å². The SMILES string of the molecule is CCOc1ccc(NS(=O)(=O)c2cccs2)cc1S(=O)(=O)N1CCCCC1. The third-order valence-corrected chi connectivity index (χ3v) is 8.89. The monoisotopic (exact) mass is 430 g/mol. The van der Waals surface area contributed by atoms with Gasteiger partial charge in [0.2, 0.25) is 10.0 Å². The number of piperidine rings is 1. The fraction of sp³-hybridized carbons (Fsp3) is 0.412. The summed E-state index contributed by atoms with van der Waals surface area (Å²) in [5.74, 6) is 0.224. The molecule has 1 aromatic carbocycles. The Balaban J connectivity index is 1.98. The van der Waals surface area contributed by atoms with Crippen LogP contribution in [0, 0.1) is 0 Å². The molecule has 0 saturated carbocycles. The zero-order valence-electron chi connectivity index (χ0n) is 14.9. The summed E-state index contributed by atoms with van der Waals surface area (Å²) in [4.78, 5) is -0.0161.